The van der Waals surface area contributed by atoms with E-state index in [-0.39, 0.29) is 12.0 Å². The van der Waals surface area contributed by atoms with Gasteiger partial charge in [0.2, 0.25) is 0 Å². The number of anilines is 1. The summed E-state index contributed by atoms with van der Waals surface area (Å²) in [7, 11) is 0. The first-order valence-corrected chi connectivity index (χ1v) is 8.72. The lowest BCUT2D eigenvalue weighted by molar-refractivity contribution is 0.0379. The Balaban J connectivity index is 2.32. The summed E-state index contributed by atoms with van der Waals surface area (Å²) in [6, 6.07) is 5.56. The minimum atomic E-state index is -0.401. The Morgan fingerprint density at radius 3 is 2.33 bits per heavy atom. The van der Waals surface area contributed by atoms with Gasteiger partial charge >= 0.3 is 5.97 Å². The largest absolute Gasteiger partial charge is 0.459 e. The molecule has 1 aromatic carbocycles. The minimum Gasteiger partial charge on any atom is -0.459 e. The molecule has 1 aromatic heterocycles. The maximum Gasteiger partial charge on any atom is 0.341 e. The van der Waals surface area contributed by atoms with Crippen LogP contribution in [0.15, 0.2) is 18.2 Å². The van der Waals surface area contributed by atoms with E-state index in [9.17, 15) is 9.59 Å². The van der Waals surface area contributed by atoms with Gasteiger partial charge in [0.1, 0.15) is 5.00 Å². The molecule has 0 spiro atoms. The number of nitrogens with one attached hydrogen (secondary N) is 1. The lowest BCUT2D eigenvalue weighted by Gasteiger charge is -2.11. The molecule has 2 aromatic rings. The second-order valence-electron chi connectivity index (χ2n) is 6.19. The number of aryl methyl sites for hydroxylation is 3. The standard InChI is InChI=1S/C19H23NO3S/c1-10(2)23-19(22)16-13(5)14(6)24-18(16)20-17(21)15-8-7-11(3)12(4)9-15/h7-10H,1-6H3,(H,20,21). The van der Waals surface area contributed by atoms with Crippen molar-refractivity contribution in [1.82, 2.24) is 0 Å². The van der Waals surface area contributed by atoms with Gasteiger partial charge in [-0.15, -0.1) is 11.3 Å². The summed E-state index contributed by atoms with van der Waals surface area (Å²) in [5.74, 6) is -0.625. The number of thiophene rings is 1. The van der Waals surface area contributed by atoms with E-state index >= 15 is 0 Å². The molecule has 0 aliphatic rings. The van der Waals surface area contributed by atoms with Gasteiger partial charge in [-0.1, -0.05) is 6.07 Å². The van der Waals surface area contributed by atoms with Gasteiger partial charge in [0, 0.05) is 10.4 Å². The monoisotopic (exact) mass is 345 g/mol. The van der Waals surface area contributed by atoms with E-state index in [1.165, 1.54) is 11.3 Å². The number of hydrogen-bond acceptors (Lipinski definition) is 4. The maximum absolute atomic E-state index is 12.5. The number of carbonyl (C=O) groups excluding carboxylic acids is 2. The Morgan fingerprint density at radius 1 is 1.08 bits per heavy atom. The van der Waals surface area contributed by atoms with Crippen molar-refractivity contribution < 1.29 is 14.3 Å². The second-order valence-corrected chi connectivity index (χ2v) is 7.42. The summed E-state index contributed by atoms with van der Waals surface area (Å²) >= 11 is 1.39. The molecule has 128 valence electrons. The van der Waals surface area contributed by atoms with Crippen molar-refractivity contribution in [1.29, 1.82) is 0 Å². The molecule has 0 saturated carbocycles. The summed E-state index contributed by atoms with van der Waals surface area (Å²) in [4.78, 5) is 25.9. The Morgan fingerprint density at radius 2 is 1.75 bits per heavy atom. The molecule has 0 radical (unpaired) electrons. The first-order valence-electron chi connectivity index (χ1n) is 7.90. The number of carbonyl (C=O) groups is 2. The minimum absolute atomic E-state index is 0.208. The van der Waals surface area contributed by atoms with Crippen molar-refractivity contribution in [3.05, 3.63) is 50.9 Å². The summed E-state index contributed by atoms with van der Waals surface area (Å²) in [5, 5.41) is 3.41. The average Bonchev–Trinajstić information content (AvgIpc) is 2.75. The molecule has 4 nitrogen and oxygen atoms in total. The topological polar surface area (TPSA) is 55.4 Å². The van der Waals surface area contributed by atoms with E-state index in [1.54, 1.807) is 19.9 Å². The van der Waals surface area contributed by atoms with E-state index < -0.39 is 5.97 Å². The molecule has 0 fully saturated rings. The smallest absolute Gasteiger partial charge is 0.341 e. The highest BCUT2D eigenvalue weighted by molar-refractivity contribution is 7.16. The van der Waals surface area contributed by atoms with E-state index in [1.807, 2.05) is 39.8 Å². The highest BCUT2D eigenvalue weighted by atomic mass is 32.1. The van der Waals surface area contributed by atoms with Crippen molar-refractivity contribution in [3.8, 4) is 0 Å². The fourth-order valence-electron chi connectivity index (χ4n) is 2.29. The molecular formula is C19H23NO3S. The molecule has 0 aliphatic heterocycles. The van der Waals surface area contributed by atoms with Gasteiger partial charge in [-0.2, -0.15) is 0 Å². The predicted molar refractivity (Wildman–Crippen MR) is 98.2 cm³/mol. The van der Waals surface area contributed by atoms with E-state index in [2.05, 4.69) is 5.32 Å². The fourth-order valence-corrected chi connectivity index (χ4v) is 3.34. The van der Waals surface area contributed by atoms with Gasteiger partial charge in [0.15, 0.2) is 0 Å². The van der Waals surface area contributed by atoms with E-state index in [0.29, 0.717) is 16.1 Å². The van der Waals surface area contributed by atoms with E-state index in [4.69, 9.17) is 4.74 Å². The predicted octanol–water partition coefficient (Wildman–Crippen LogP) is 4.80. The first kappa shape index (κ1) is 18.2. The summed E-state index contributed by atoms with van der Waals surface area (Å²) in [6.07, 6.45) is -0.208. The van der Waals surface area contributed by atoms with Crippen LogP contribution in [0.5, 0.6) is 0 Å². The molecule has 1 N–H and O–H groups in total. The van der Waals surface area contributed by atoms with Crippen LogP contribution in [0, 0.1) is 27.7 Å². The molecule has 1 heterocycles. The third-order valence-electron chi connectivity index (χ3n) is 3.93. The van der Waals surface area contributed by atoms with Gasteiger partial charge in [-0.05, 0) is 70.4 Å². The van der Waals surface area contributed by atoms with Crippen LogP contribution in [0.1, 0.15) is 56.1 Å². The lowest BCUT2D eigenvalue weighted by Crippen LogP contribution is -2.17. The number of benzene rings is 1. The number of ether oxygens (including phenoxy) is 1. The highest BCUT2D eigenvalue weighted by Crippen LogP contribution is 2.33. The molecule has 0 saturated heterocycles. The van der Waals surface area contributed by atoms with Crippen LogP contribution in [0.25, 0.3) is 0 Å². The normalized spacial score (nSPS) is 10.8. The summed E-state index contributed by atoms with van der Waals surface area (Å²) in [5.41, 5.74) is 4.06. The van der Waals surface area contributed by atoms with Crippen molar-refractivity contribution in [2.24, 2.45) is 0 Å². The Kier molecular flexibility index (Phi) is 5.44. The van der Waals surface area contributed by atoms with Crippen LogP contribution in [-0.4, -0.2) is 18.0 Å². The Hall–Kier alpha value is -2.14. The van der Waals surface area contributed by atoms with Crippen molar-refractivity contribution in [3.63, 3.8) is 0 Å². The number of rotatable bonds is 4. The van der Waals surface area contributed by atoms with Crippen LogP contribution >= 0.6 is 11.3 Å². The van der Waals surface area contributed by atoms with Gasteiger partial charge in [0.05, 0.1) is 11.7 Å². The average molecular weight is 345 g/mol. The molecule has 5 heteroatoms. The third kappa shape index (κ3) is 3.85. The van der Waals surface area contributed by atoms with Gasteiger partial charge in [0.25, 0.3) is 5.91 Å². The fraction of sp³-hybridized carbons (Fsp3) is 0.368. The van der Waals surface area contributed by atoms with Crippen LogP contribution in [-0.2, 0) is 4.74 Å². The zero-order chi connectivity index (χ0) is 18.0. The van der Waals surface area contributed by atoms with Gasteiger partial charge in [-0.25, -0.2) is 4.79 Å². The lowest BCUT2D eigenvalue weighted by atomic mass is 10.1. The number of amides is 1. The SMILES string of the molecule is Cc1ccc(C(=O)Nc2sc(C)c(C)c2C(=O)OC(C)C)cc1C. The second kappa shape index (κ2) is 7.18. The first-order chi connectivity index (χ1) is 11.2. The van der Waals surface area contributed by atoms with E-state index in [0.717, 1.165) is 21.6 Å². The quantitative estimate of drug-likeness (QED) is 0.810. The molecule has 0 atom stereocenters. The molecule has 2 rings (SSSR count). The van der Waals surface area contributed by atoms with Crippen LogP contribution in [0.3, 0.4) is 0 Å². The summed E-state index contributed by atoms with van der Waals surface area (Å²) in [6.45, 7) is 11.4. The number of esters is 1. The third-order valence-corrected chi connectivity index (χ3v) is 5.05. The van der Waals surface area contributed by atoms with Gasteiger partial charge < -0.3 is 10.1 Å². The van der Waals surface area contributed by atoms with Crippen molar-refractivity contribution in [2.75, 3.05) is 5.32 Å². The van der Waals surface area contributed by atoms with Crippen LogP contribution in [0.2, 0.25) is 0 Å². The zero-order valence-corrected chi connectivity index (χ0v) is 15.8. The van der Waals surface area contributed by atoms with Gasteiger partial charge in [-0.3, -0.25) is 4.79 Å². The molecule has 24 heavy (non-hydrogen) atoms. The maximum atomic E-state index is 12.5. The zero-order valence-electron chi connectivity index (χ0n) is 14.9. The van der Waals surface area contributed by atoms with Crippen LogP contribution < -0.4 is 5.32 Å². The molecular weight excluding hydrogens is 322 g/mol. The molecule has 0 aliphatic carbocycles. The molecule has 0 bridgehead atoms. The Bertz CT molecular complexity index is 790. The Labute approximate surface area is 146 Å². The van der Waals surface area contributed by atoms with Crippen molar-refractivity contribution in [2.45, 2.75) is 47.6 Å². The molecule has 1 amide bonds. The van der Waals surface area contributed by atoms with Crippen molar-refractivity contribution >= 4 is 28.2 Å². The highest BCUT2D eigenvalue weighted by Gasteiger charge is 2.23. The number of hydrogen-bond donors (Lipinski definition) is 1. The summed E-state index contributed by atoms with van der Waals surface area (Å²) < 4.78 is 5.31. The molecule has 0 unspecified atom stereocenters. The van der Waals surface area contributed by atoms with Crippen LogP contribution in [0.4, 0.5) is 5.00 Å².